The summed E-state index contributed by atoms with van der Waals surface area (Å²) in [7, 11) is 0. The van der Waals surface area contributed by atoms with Crippen molar-refractivity contribution in [1.82, 2.24) is 4.90 Å². The summed E-state index contributed by atoms with van der Waals surface area (Å²) < 4.78 is 39.8. The van der Waals surface area contributed by atoms with Crippen molar-refractivity contribution in [2.45, 2.75) is 31.9 Å². The Labute approximate surface area is 128 Å². The van der Waals surface area contributed by atoms with Gasteiger partial charge in [-0.05, 0) is 12.8 Å². The summed E-state index contributed by atoms with van der Waals surface area (Å²) in [5.41, 5.74) is 5.78. The topological polar surface area (TPSA) is 50.9 Å². The second-order valence-corrected chi connectivity index (χ2v) is 4.31. The number of alkyl halides is 3. The van der Waals surface area contributed by atoms with Crippen LogP contribution in [-0.2, 0) is 4.74 Å². The van der Waals surface area contributed by atoms with Gasteiger partial charge in [-0.3, -0.25) is 4.99 Å². The number of nitrogens with two attached hydrogens (primary N) is 1. The number of aliphatic imine (C=N–C) groups is 1. The molecule has 8 heteroatoms. The zero-order valence-corrected chi connectivity index (χ0v) is 13.1. The molecule has 0 atom stereocenters. The van der Waals surface area contributed by atoms with E-state index in [0.717, 1.165) is 25.9 Å². The smallest absolute Gasteiger partial charge is 0.370 e. The standard InChI is InChI=1S/C11H20F3N3O.HI/c12-11(13,14)9-18-8-5-16-10(15)17-6-3-1-2-4-7-17;/h1-9H2,(H2,15,16);1H. The van der Waals surface area contributed by atoms with Crippen LogP contribution in [-0.4, -0.2) is 49.9 Å². The fourth-order valence-corrected chi connectivity index (χ4v) is 1.81. The molecule has 0 spiro atoms. The van der Waals surface area contributed by atoms with Crippen LogP contribution in [0.5, 0.6) is 0 Å². The molecule has 0 aromatic rings. The molecule has 2 N–H and O–H groups in total. The van der Waals surface area contributed by atoms with E-state index in [0.29, 0.717) is 5.96 Å². The van der Waals surface area contributed by atoms with Crippen LogP contribution in [0.2, 0.25) is 0 Å². The predicted octanol–water partition coefficient (Wildman–Crippen LogP) is 2.37. The summed E-state index contributed by atoms with van der Waals surface area (Å²) in [6, 6.07) is 0. The van der Waals surface area contributed by atoms with E-state index in [1.807, 2.05) is 4.90 Å². The van der Waals surface area contributed by atoms with Crippen LogP contribution in [0.15, 0.2) is 4.99 Å². The third-order valence-electron chi connectivity index (χ3n) is 2.71. The van der Waals surface area contributed by atoms with Gasteiger partial charge in [0.25, 0.3) is 0 Å². The second-order valence-electron chi connectivity index (χ2n) is 4.31. The Morgan fingerprint density at radius 1 is 1.16 bits per heavy atom. The van der Waals surface area contributed by atoms with Gasteiger partial charge < -0.3 is 15.4 Å². The highest BCUT2D eigenvalue weighted by atomic mass is 127. The molecule has 1 fully saturated rings. The average molecular weight is 395 g/mol. The summed E-state index contributed by atoms with van der Waals surface area (Å²) in [5.74, 6) is 0.410. The Morgan fingerprint density at radius 3 is 2.26 bits per heavy atom. The van der Waals surface area contributed by atoms with Crippen molar-refractivity contribution >= 4 is 29.9 Å². The Kier molecular flexibility index (Phi) is 9.50. The van der Waals surface area contributed by atoms with E-state index >= 15 is 0 Å². The van der Waals surface area contributed by atoms with Crippen LogP contribution in [0.25, 0.3) is 0 Å². The van der Waals surface area contributed by atoms with Gasteiger partial charge in [0.05, 0.1) is 13.2 Å². The van der Waals surface area contributed by atoms with Crippen LogP contribution < -0.4 is 5.73 Å². The first-order chi connectivity index (χ1) is 8.49. The molecule has 1 rings (SSSR count). The highest BCUT2D eigenvalue weighted by molar-refractivity contribution is 14.0. The number of nitrogens with zero attached hydrogens (tertiary/aromatic N) is 2. The highest BCUT2D eigenvalue weighted by Crippen LogP contribution is 2.14. The Balaban J connectivity index is 0.00000324. The fourth-order valence-electron chi connectivity index (χ4n) is 1.81. The Morgan fingerprint density at radius 2 is 1.74 bits per heavy atom. The normalized spacial score (nSPS) is 17.8. The Hall–Kier alpha value is -0.250. The average Bonchev–Trinajstić information content (AvgIpc) is 2.55. The van der Waals surface area contributed by atoms with Crippen molar-refractivity contribution in [2.24, 2.45) is 10.7 Å². The molecule has 19 heavy (non-hydrogen) atoms. The van der Waals surface area contributed by atoms with Crippen LogP contribution in [0.3, 0.4) is 0 Å². The van der Waals surface area contributed by atoms with E-state index in [2.05, 4.69) is 9.73 Å². The lowest BCUT2D eigenvalue weighted by Crippen LogP contribution is -2.38. The van der Waals surface area contributed by atoms with Crippen molar-refractivity contribution in [3.63, 3.8) is 0 Å². The number of rotatable bonds is 4. The molecule has 0 amide bonds. The molecule has 0 aromatic carbocycles. The first kappa shape index (κ1) is 18.8. The van der Waals surface area contributed by atoms with Crippen molar-refractivity contribution in [3.05, 3.63) is 0 Å². The maximum atomic E-state index is 11.8. The summed E-state index contributed by atoms with van der Waals surface area (Å²) in [4.78, 5) is 6.02. The van der Waals surface area contributed by atoms with Crippen LogP contribution >= 0.6 is 24.0 Å². The summed E-state index contributed by atoms with van der Waals surface area (Å²) in [5, 5.41) is 0. The van der Waals surface area contributed by atoms with Gasteiger partial charge >= 0.3 is 6.18 Å². The number of guanidine groups is 1. The monoisotopic (exact) mass is 395 g/mol. The van der Waals surface area contributed by atoms with Crippen molar-refractivity contribution in [3.8, 4) is 0 Å². The zero-order chi connectivity index (χ0) is 13.4. The molecule has 0 unspecified atom stereocenters. The first-order valence-corrected chi connectivity index (χ1v) is 6.18. The third kappa shape index (κ3) is 9.31. The van der Waals surface area contributed by atoms with E-state index in [1.54, 1.807) is 0 Å². The van der Waals surface area contributed by atoms with Crippen molar-refractivity contribution in [1.29, 1.82) is 0 Å². The van der Waals surface area contributed by atoms with Gasteiger partial charge in [0.1, 0.15) is 6.61 Å². The zero-order valence-electron chi connectivity index (χ0n) is 10.8. The SMILES string of the molecule is I.NC(=NCCOCC(F)(F)F)N1CCCCCC1. The quantitative estimate of drug-likeness (QED) is 0.344. The van der Waals surface area contributed by atoms with Crippen molar-refractivity contribution in [2.75, 3.05) is 32.8 Å². The maximum Gasteiger partial charge on any atom is 0.411 e. The molecule has 114 valence electrons. The van der Waals surface area contributed by atoms with Gasteiger partial charge in [0, 0.05) is 13.1 Å². The number of hydrogen-bond acceptors (Lipinski definition) is 2. The molecule has 0 aromatic heterocycles. The molecular formula is C11H21F3IN3O. The molecule has 0 aliphatic carbocycles. The van der Waals surface area contributed by atoms with Gasteiger partial charge in [0.15, 0.2) is 5.96 Å². The third-order valence-corrected chi connectivity index (χ3v) is 2.71. The molecule has 4 nitrogen and oxygen atoms in total. The van der Waals surface area contributed by atoms with Gasteiger partial charge in [-0.2, -0.15) is 13.2 Å². The van der Waals surface area contributed by atoms with E-state index in [-0.39, 0.29) is 37.1 Å². The Bertz CT molecular complexity index is 266. The van der Waals surface area contributed by atoms with Crippen LogP contribution in [0.1, 0.15) is 25.7 Å². The van der Waals surface area contributed by atoms with Crippen LogP contribution in [0.4, 0.5) is 13.2 Å². The molecule has 1 heterocycles. The fraction of sp³-hybridized carbons (Fsp3) is 0.909. The minimum Gasteiger partial charge on any atom is -0.370 e. The van der Waals surface area contributed by atoms with E-state index < -0.39 is 12.8 Å². The number of hydrogen-bond donors (Lipinski definition) is 1. The predicted molar refractivity (Wildman–Crippen MR) is 78.8 cm³/mol. The molecule has 1 aliphatic heterocycles. The number of likely N-dealkylation sites (tertiary alicyclic amines) is 1. The molecule has 1 saturated heterocycles. The lowest BCUT2D eigenvalue weighted by atomic mass is 10.2. The van der Waals surface area contributed by atoms with Gasteiger partial charge in [-0.1, -0.05) is 12.8 Å². The second kappa shape index (κ2) is 9.62. The van der Waals surface area contributed by atoms with Crippen LogP contribution in [0, 0.1) is 0 Å². The van der Waals surface area contributed by atoms with Gasteiger partial charge in [-0.25, -0.2) is 0 Å². The van der Waals surface area contributed by atoms with Gasteiger partial charge in [-0.15, -0.1) is 24.0 Å². The summed E-state index contributed by atoms with van der Waals surface area (Å²) in [6.07, 6.45) is 0.276. The molecular weight excluding hydrogens is 374 g/mol. The minimum absolute atomic E-state index is 0. The van der Waals surface area contributed by atoms with E-state index in [4.69, 9.17) is 5.73 Å². The van der Waals surface area contributed by atoms with Gasteiger partial charge in [0.2, 0.25) is 0 Å². The maximum absolute atomic E-state index is 11.8. The summed E-state index contributed by atoms with van der Waals surface area (Å²) in [6.45, 7) is 0.621. The number of halogens is 4. The number of ether oxygens (including phenoxy) is 1. The van der Waals surface area contributed by atoms with E-state index in [1.165, 1.54) is 12.8 Å². The molecule has 0 saturated carbocycles. The minimum atomic E-state index is -4.28. The van der Waals surface area contributed by atoms with Crippen molar-refractivity contribution < 1.29 is 17.9 Å². The lowest BCUT2D eigenvalue weighted by molar-refractivity contribution is -0.173. The molecule has 0 bridgehead atoms. The van der Waals surface area contributed by atoms with E-state index in [9.17, 15) is 13.2 Å². The first-order valence-electron chi connectivity index (χ1n) is 6.18. The highest BCUT2D eigenvalue weighted by Gasteiger charge is 2.27. The largest absolute Gasteiger partial charge is 0.411 e. The lowest BCUT2D eigenvalue weighted by Gasteiger charge is -2.21. The molecule has 1 aliphatic rings. The summed E-state index contributed by atoms with van der Waals surface area (Å²) >= 11 is 0. The molecule has 0 radical (unpaired) electrons.